The van der Waals surface area contributed by atoms with Crippen LogP contribution in [-0.2, 0) is 6.18 Å². The molecule has 0 unspecified atom stereocenters. The third-order valence-electron chi connectivity index (χ3n) is 4.24. The number of amides is 1. The van der Waals surface area contributed by atoms with Crippen molar-refractivity contribution in [1.82, 2.24) is 9.88 Å². The van der Waals surface area contributed by atoms with Crippen LogP contribution in [0.2, 0.25) is 0 Å². The van der Waals surface area contributed by atoms with Gasteiger partial charge in [-0.05, 0) is 24.3 Å². The Morgan fingerprint density at radius 3 is 2.50 bits per heavy atom. The number of aromatic amines is 1. The average Bonchev–Trinajstić information content (AvgIpc) is 3.11. The molecular formula is C18H14F3N5O4. The molecule has 0 saturated heterocycles. The molecule has 12 heteroatoms. The minimum atomic E-state index is -4.73. The lowest BCUT2D eigenvalue weighted by Crippen LogP contribution is -2.38. The molecule has 1 amide bonds. The number of ether oxygens (including phenoxy) is 1. The van der Waals surface area contributed by atoms with Crippen LogP contribution in [0.3, 0.4) is 0 Å². The maximum atomic E-state index is 13.5. The summed E-state index contributed by atoms with van der Waals surface area (Å²) in [6.07, 6.45) is -4.73. The Kier molecular flexibility index (Phi) is 5.08. The smallest absolute Gasteiger partial charge is 0.417 e. The van der Waals surface area contributed by atoms with Gasteiger partial charge in [-0.15, -0.1) is 0 Å². The summed E-state index contributed by atoms with van der Waals surface area (Å²) in [4.78, 5) is 26.2. The number of para-hydroxylation sites is 2. The van der Waals surface area contributed by atoms with Crippen molar-refractivity contribution in [3.63, 3.8) is 0 Å². The van der Waals surface area contributed by atoms with Crippen LogP contribution < -0.4 is 10.5 Å². The average molecular weight is 421 g/mol. The highest BCUT2D eigenvalue weighted by Gasteiger charge is 2.34. The molecule has 0 aliphatic carbocycles. The van der Waals surface area contributed by atoms with E-state index in [-0.39, 0.29) is 33.8 Å². The zero-order valence-corrected chi connectivity index (χ0v) is 15.3. The van der Waals surface area contributed by atoms with Crippen LogP contribution in [0.4, 0.5) is 18.9 Å². The molecular weight excluding hydrogens is 407 g/mol. The van der Waals surface area contributed by atoms with Gasteiger partial charge in [0.25, 0.3) is 5.91 Å². The van der Waals surface area contributed by atoms with Crippen LogP contribution in [-0.4, -0.2) is 33.7 Å². The number of alkyl halides is 3. The van der Waals surface area contributed by atoms with Gasteiger partial charge < -0.3 is 15.5 Å². The fourth-order valence-electron chi connectivity index (χ4n) is 2.74. The van der Waals surface area contributed by atoms with Gasteiger partial charge in [-0.3, -0.25) is 25.2 Å². The van der Waals surface area contributed by atoms with Crippen molar-refractivity contribution in [2.24, 2.45) is 5.73 Å². The number of aromatic nitrogens is 1. The lowest BCUT2D eigenvalue weighted by molar-refractivity contribution is -0.385. The Labute approximate surface area is 166 Å². The van der Waals surface area contributed by atoms with E-state index >= 15 is 0 Å². The Bertz CT molecular complexity index is 1170. The van der Waals surface area contributed by atoms with Gasteiger partial charge in [0, 0.05) is 18.5 Å². The number of nitrogens with zero attached hydrogens (tertiary/aromatic N) is 2. The molecule has 9 nitrogen and oxygen atoms in total. The summed E-state index contributed by atoms with van der Waals surface area (Å²) >= 11 is 0. The van der Waals surface area contributed by atoms with Crippen LogP contribution in [0.1, 0.15) is 16.1 Å². The fourth-order valence-corrected chi connectivity index (χ4v) is 2.74. The normalized spacial score (nSPS) is 11.3. The summed E-state index contributed by atoms with van der Waals surface area (Å²) in [6.45, 7) is 0. The molecule has 0 aliphatic heterocycles. The van der Waals surface area contributed by atoms with Gasteiger partial charge in [0.1, 0.15) is 5.69 Å². The quantitative estimate of drug-likeness (QED) is 0.254. The van der Waals surface area contributed by atoms with E-state index in [4.69, 9.17) is 15.9 Å². The number of hydrogen-bond acceptors (Lipinski definition) is 5. The lowest BCUT2D eigenvalue weighted by Gasteiger charge is -2.12. The number of nitro benzene ring substituents is 1. The first-order valence-electron chi connectivity index (χ1n) is 8.27. The van der Waals surface area contributed by atoms with Gasteiger partial charge >= 0.3 is 11.9 Å². The number of hydrogen-bond donors (Lipinski definition) is 3. The van der Waals surface area contributed by atoms with Crippen molar-refractivity contribution in [2.45, 2.75) is 6.18 Å². The highest BCUT2D eigenvalue weighted by atomic mass is 19.4. The fraction of sp³-hybridized carbons (Fsp3) is 0.111. The van der Waals surface area contributed by atoms with E-state index in [1.807, 2.05) is 0 Å². The maximum Gasteiger partial charge on any atom is 0.417 e. The predicted octanol–water partition coefficient (Wildman–Crippen LogP) is 3.85. The molecule has 1 heterocycles. The van der Waals surface area contributed by atoms with E-state index < -0.39 is 28.5 Å². The van der Waals surface area contributed by atoms with E-state index in [1.165, 1.54) is 31.3 Å². The first-order chi connectivity index (χ1) is 14.0. The van der Waals surface area contributed by atoms with Gasteiger partial charge in [0.15, 0.2) is 11.7 Å². The Balaban J connectivity index is 2.18. The molecule has 0 spiro atoms. The molecule has 0 aliphatic rings. The molecule has 0 fully saturated rings. The second kappa shape index (κ2) is 7.39. The largest absolute Gasteiger partial charge is 0.448 e. The topological polar surface area (TPSA) is 138 Å². The molecule has 2 aromatic carbocycles. The molecule has 3 aromatic rings. The second-order valence-electron chi connectivity index (χ2n) is 6.16. The van der Waals surface area contributed by atoms with Crippen molar-refractivity contribution in [1.29, 1.82) is 5.41 Å². The summed E-state index contributed by atoms with van der Waals surface area (Å²) in [5.74, 6) is -1.79. The highest BCUT2D eigenvalue weighted by molar-refractivity contribution is 6.06. The number of nitrogens with one attached hydrogen (secondary N) is 2. The molecule has 0 bridgehead atoms. The Morgan fingerprint density at radius 2 is 1.90 bits per heavy atom. The van der Waals surface area contributed by atoms with Crippen molar-refractivity contribution in [2.75, 3.05) is 7.05 Å². The van der Waals surface area contributed by atoms with Crippen molar-refractivity contribution in [3.8, 4) is 11.5 Å². The predicted molar refractivity (Wildman–Crippen MR) is 100 cm³/mol. The number of benzene rings is 2. The first kappa shape index (κ1) is 20.6. The van der Waals surface area contributed by atoms with E-state index in [0.29, 0.717) is 0 Å². The number of nitro groups is 1. The van der Waals surface area contributed by atoms with Crippen molar-refractivity contribution >= 4 is 28.5 Å². The summed E-state index contributed by atoms with van der Waals surface area (Å²) in [6, 6.07) is 8.07. The van der Waals surface area contributed by atoms with Crippen molar-refractivity contribution < 1.29 is 27.6 Å². The monoisotopic (exact) mass is 421 g/mol. The van der Waals surface area contributed by atoms with E-state index in [1.54, 1.807) is 0 Å². The molecule has 4 N–H and O–H groups in total. The summed E-state index contributed by atoms with van der Waals surface area (Å²) in [5.41, 5.74) is 3.37. The van der Waals surface area contributed by atoms with Gasteiger partial charge in [0.2, 0.25) is 5.75 Å². The van der Waals surface area contributed by atoms with E-state index in [9.17, 15) is 28.1 Å². The highest BCUT2D eigenvalue weighted by Crippen LogP contribution is 2.41. The number of H-pyrrole nitrogens is 1. The SMILES string of the molecule is CN(C(=N)N)C(=O)c1cc2c(C(F)(F)F)ccc(Oc3ccccc3[N+](=O)[O-])c2[nH]1. The van der Waals surface area contributed by atoms with Gasteiger partial charge in [-0.2, -0.15) is 13.2 Å². The maximum absolute atomic E-state index is 13.5. The van der Waals surface area contributed by atoms with Gasteiger partial charge in [-0.25, -0.2) is 0 Å². The zero-order valence-electron chi connectivity index (χ0n) is 15.3. The molecule has 30 heavy (non-hydrogen) atoms. The lowest BCUT2D eigenvalue weighted by atomic mass is 10.1. The minimum absolute atomic E-state index is 0.156. The Morgan fingerprint density at radius 1 is 1.23 bits per heavy atom. The van der Waals surface area contributed by atoms with Crippen LogP contribution in [0.15, 0.2) is 42.5 Å². The molecule has 0 radical (unpaired) electrons. The number of nitrogens with two attached hydrogens (primary N) is 1. The molecule has 156 valence electrons. The number of halogens is 3. The summed E-state index contributed by atoms with van der Waals surface area (Å²) in [5, 5.41) is 18.1. The van der Waals surface area contributed by atoms with Gasteiger partial charge in [-0.1, -0.05) is 12.1 Å². The number of carbonyl (C=O) groups is 1. The van der Waals surface area contributed by atoms with Gasteiger partial charge in [0.05, 0.1) is 16.0 Å². The Hall–Kier alpha value is -4.09. The zero-order chi connectivity index (χ0) is 22.2. The third-order valence-corrected chi connectivity index (χ3v) is 4.24. The number of carbonyl (C=O) groups excluding carboxylic acids is 1. The molecule has 0 saturated carbocycles. The third kappa shape index (κ3) is 3.74. The van der Waals surface area contributed by atoms with Crippen molar-refractivity contribution in [3.05, 3.63) is 63.8 Å². The minimum Gasteiger partial charge on any atom is -0.448 e. The van der Waals surface area contributed by atoms with Crippen LogP contribution in [0, 0.1) is 15.5 Å². The number of guanidine groups is 1. The second-order valence-corrected chi connectivity index (χ2v) is 6.16. The summed E-state index contributed by atoms with van der Waals surface area (Å²) < 4.78 is 45.9. The summed E-state index contributed by atoms with van der Waals surface area (Å²) in [7, 11) is 1.19. The number of rotatable bonds is 4. The van der Waals surface area contributed by atoms with Crippen LogP contribution in [0.5, 0.6) is 11.5 Å². The van der Waals surface area contributed by atoms with E-state index in [0.717, 1.165) is 23.1 Å². The molecule has 3 rings (SSSR count). The first-order valence-corrected chi connectivity index (χ1v) is 8.27. The molecule has 1 aromatic heterocycles. The number of fused-ring (bicyclic) bond motifs is 1. The van der Waals surface area contributed by atoms with Crippen LogP contribution in [0.25, 0.3) is 10.9 Å². The van der Waals surface area contributed by atoms with E-state index in [2.05, 4.69) is 4.98 Å². The standard InChI is InChI=1S/C18H14F3N5O4/c1-25(17(22)23)16(27)11-8-9-10(18(19,20)21)6-7-14(15(9)24-11)30-13-5-3-2-4-12(13)26(28)29/h2-8,24H,1H3,(H3,22,23). The van der Waals surface area contributed by atoms with Crippen LogP contribution >= 0.6 is 0 Å². The molecule has 0 atom stereocenters.